The van der Waals surface area contributed by atoms with Gasteiger partial charge in [-0.15, -0.1) is 0 Å². The summed E-state index contributed by atoms with van der Waals surface area (Å²) in [5.41, 5.74) is 3.60. The first kappa shape index (κ1) is 25.7. The molecule has 10 heteroatoms. The second-order valence-electron chi connectivity index (χ2n) is 8.44. The molecule has 0 saturated heterocycles. The molecule has 0 amide bonds. The SMILES string of the molecule is Cc1ccc(Oc2c(/C=N/OCc3ccc(Oc4ccc(C(F)(F)F)cn4)cc3)c(C)nn2C)c(C)c1. The van der Waals surface area contributed by atoms with Crippen LogP contribution < -0.4 is 9.47 Å². The molecule has 0 unspecified atom stereocenters. The Morgan fingerprint density at radius 2 is 1.73 bits per heavy atom. The fourth-order valence-corrected chi connectivity index (χ4v) is 3.53. The van der Waals surface area contributed by atoms with Crippen molar-refractivity contribution in [2.24, 2.45) is 12.2 Å². The van der Waals surface area contributed by atoms with E-state index in [1.165, 1.54) is 6.07 Å². The van der Waals surface area contributed by atoms with Gasteiger partial charge in [0.1, 0.15) is 18.1 Å². The molecule has 0 bridgehead atoms. The number of nitrogens with zero attached hydrogens (tertiary/aromatic N) is 4. The number of aromatic nitrogens is 3. The van der Waals surface area contributed by atoms with Gasteiger partial charge in [-0.1, -0.05) is 35.0 Å². The van der Waals surface area contributed by atoms with Crippen molar-refractivity contribution in [1.82, 2.24) is 14.8 Å². The number of aryl methyl sites for hydroxylation is 4. The monoisotopic (exact) mass is 510 g/mol. The van der Waals surface area contributed by atoms with Crippen LogP contribution in [0.3, 0.4) is 0 Å². The molecular weight excluding hydrogens is 485 g/mol. The van der Waals surface area contributed by atoms with E-state index >= 15 is 0 Å². The van der Waals surface area contributed by atoms with Crippen LogP contribution in [-0.4, -0.2) is 21.0 Å². The van der Waals surface area contributed by atoms with E-state index in [2.05, 4.69) is 15.2 Å². The Labute approximate surface area is 212 Å². The zero-order chi connectivity index (χ0) is 26.6. The third kappa shape index (κ3) is 6.46. The lowest BCUT2D eigenvalue weighted by Crippen LogP contribution is -2.05. The molecule has 2 aromatic carbocycles. The predicted octanol–water partition coefficient (Wildman–Crippen LogP) is 6.89. The van der Waals surface area contributed by atoms with Crippen molar-refractivity contribution >= 4 is 6.21 Å². The Balaban J connectivity index is 1.35. The summed E-state index contributed by atoms with van der Waals surface area (Å²) in [6.45, 7) is 6.07. The molecule has 0 saturated carbocycles. The molecule has 37 heavy (non-hydrogen) atoms. The molecule has 0 N–H and O–H groups in total. The van der Waals surface area contributed by atoms with Crippen molar-refractivity contribution in [3.05, 3.63) is 94.3 Å². The van der Waals surface area contributed by atoms with Crippen LogP contribution in [0.1, 0.15) is 33.5 Å². The van der Waals surface area contributed by atoms with E-state index in [9.17, 15) is 13.2 Å². The fraction of sp³-hybridized carbons (Fsp3) is 0.222. The van der Waals surface area contributed by atoms with E-state index < -0.39 is 11.7 Å². The summed E-state index contributed by atoms with van der Waals surface area (Å²) in [5.74, 6) is 1.78. The average molecular weight is 511 g/mol. The lowest BCUT2D eigenvalue weighted by atomic mass is 10.1. The number of pyridine rings is 1. The van der Waals surface area contributed by atoms with Gasteiger partial charge in [-0.05, 0) is 56.2 Å². The number of hydrogen-bond donors (Lipinski definition) is 0. The van der Waals surface area contributed by atoms with Crippen molar-refractivity contribution in [2.75, 3.05) is 0 Å². The molecule has 0 aliphatic carbocycles. The molecule has 0 atom stereocenters. The lowest BCUT2D eigenvalue weighted by Gasteiger charge is -2.10. The Kier molecular flexibility index (Phi) is 7.47. The van der Waals surface area contributed by atoms with Gasteiger partial charge in [-0.3, -0.25) is 0 Å². The third-order valence-electron chi connectivity index (χ3n) is 5.45. The fourth-order valence-electron chi connectivity index (χ4n) is 3.53. The van der Waals surface area contributed by atoms with Gasteiger partial charge in [-0.2, -0.15) is 18.3 Å². The highest BCUT2D eigenvalue weighted by Crippen LogP contribution is 2.31. The molecule has 4 rings (SSSR count). The van der Waals surface area contributed by atoms with Crippen LogP contribution in [0.2, 0.25) is 0 Å². The van der Waals surface area contributed by atoms with Gasteiger partial charge < -0.3 is 14.3 Å². The molecule has 192 valence electrons. The van der Waals surface area contributed by atoms with Crippen molar-refractivity contribution in [2.45, 2.75) is 33.6 Å². The molecule has 4 aromatic rings. The van der Waals surface area contributed by atoms with Crippen LogP contribution in [0, 0.1) is 20.8 Å². The average Bonchev–Trinajstić information content (AvgIpc) is 3.11. The second-order valence-corrected chi connectivity index (χ2v) is 8.44. The van der Waals surface area contributed by atoms with E-state index in [0.29, 0.717) is 17.2 Å². The summed E-state index contributed by atoms with van der Waals surface area (Å²) in [6.07, 6.45) is -2.15. The summed E-state index contributed by atoms with van der Waals surface area (Å²) >= 11 is 0. The van der Waals surface area contributed by atoms with Crippen molar-refractivity contribution < 1.29 is 27.5 Å². The van der Waals surface area contributed by atoms with E-state index in [-0.39, 0.29) is 12.5 Å². The maximum absolute atomic E-state index is 12.7. The van der Waals surface area contributed by atoms with E-state index in [0.717, 1.165) is 40.4 Å². The second kappa shape index (κ2) is 10.7. The van der Waals surface area contributed by atoms with Crippen molar-refractivity contribution in [1.29, 1.82) is 0 Å². The number of hydrogen-bond acceptors (Lipinski definition) is 6. The van der Waals surface area contributed by atoms with Crippen molar-refractivity contribution in [3.63, 3.8) is 0 Å². The summed E-state index contributed by atoms with van der Waals surface area (Å²) < 4.78 is 51.3. The van der Waals surface area contributed by atoms with Gasteiger partial charge in [0.2, 0.25) is 11.8 Å². The number of halogens is 3. The van der Waals surface area contributed by atoms with Crippen molar-refractivity contribution in [3.8, 4) is 23.3 Å². The van der Waals surface area contributed by atoms with E-state index in [4.69, 9.17) is 14.3 Å². The molecule has 7 nitrogen and oxygen atoms in total. The summed E-state index contributed by atoms with van der Waals surface area (Å²) in [4.78, 5) is 9.15. The maximum atomic E-state index is 12.7. The van der Waals surface area contributed by atoms with Gasteiger partial charge in [0.25, 0.3) is 0 Å². The molecule has 0 aliphatic heterocycles. The van der Waals surface area contributed by atoms with Gasteiger partial charge in [0.15, 0.2) is 0 Å². The Hall–Kier alpha value is -4.34. The summed E-state index contributed by atoms with van der Waals surface area (Å²) in [6, 6.07) is 14.9. The number of ether oxygens (including phenoxy) is 2. The number of alkyl halides is 3. The minimum atomic E-state index is -4.44. The predicted molar refractivity (Wildman–Crippen MR) is 132 cm³/mol. The normalized spacial score (nSPS) is 11.6. The standard InChI is InChI=1S/C27H25F3N4O3/c1-17-5-11-24(18(2)13-17)37-26-23(19(3)33-34(26)4)15-32-35-16-20-6-9-22(10-7-20)36-25-12-8-21(14-31-25)27(28,29)30/h5-15H,16H2,1-4H3/b32-15+. The third-order valence-corrected chi connectivity index (χ3v) is 5.45. The highest BCUT2D eigenvalue weighted by Gasteiger charge is 2.30. The topological polar surface area (TPSA) is 70.8 Å². The first-order valence-electron chi connectivity index (χ1n) is 11.3. The quantitative estimate of drug-likeness (QED) is 0.191. The molecular formula is C27H25F3N4O3. The number of oxime groups is 1. The van der Waals surface area contributed by atoms with E-state index in [1.807, 2.05) is 39.0 Å². The number of benzene rings is 2. The minimum absolute atomic E-state index is 0.0623. The molecule has 2 heterocycles. The zero-order valence-corrected chi connectivity index (χ0v) is 20.7. The molecule has 2 aromatic heterocycles. The molecule has 0 aliphatic rings. The Morgan fingerprint density at radius 1 is 0.973 bits per heavy atom. The first-order valence-corrected chi connectivity index (χ1v) is 11.3. The lowest BCUT2D eigenvalue weighted by molar-refractivity contribution is -0.137. The van der Waals surface area contributed by atoms with E-state index in [1.54, 1.807) is 42.2 Å². The molecule has 0 fully saturated rings. The van der Waals surface area contributed by atoms with Gasteiger partial charge in [0.05, 0.1) is 23.0 Å². The highest BCUT2D eigenvalue weighted by atomic mass is 19.4. The largest absolute Gasteiger partial charge is 0.439 e. The van der Waals surface area contributed by atoms with Gasteiger partial charge in [-0.25, -0.2) is 9.67 Å². The van der Waals surface area contributed by atoms with Crippen LogP contribution in [0.5, 0.6) is 23.3 Å². The van der Waals surface area contributed by atoms with Crippen LogP contribution in [0.15, 0.2) is 65.9 Å². The Bertz CT molecular complexity index is 1400. The summed E-state index contributed by atoms with van der Waals surface area (Å²) in [5, 5.41) is 8.50. The molecule has 0 radical (unpaired) electrons. The smallest absolute Gasteiger partial charge is 0.417 e. The minimum Gasteiger partial charge on any atom is -0.439 e. The zero-order valence-electron chi connectivity index (χ0n) is 20.7. The first-order chi connectivity index (χ1) is 17.6. The van der Waals surface area contributed by atoms with Crippen LogP contribution in [0.4, 0.5) is 13.2 Å². The van der Waals surface area contributed by atoms with Gasteiger partial charge in [0, 0.05) is 19.3 Å². The summed E-state index contributed by atoms with van der Waals surface area (Å²) in [7, 11) is 1.80. The van der Waals surface area contributed by atoms with Crippen LogP contribution >= 0.6 is 0 Å². The van der Waals surface area contributed by atoms with Gasteiger partial charge >= 0.3 is 6.18 Å². The molecule has 0 spiro atoms. The maximum Gasteiger partial charge on any atom is 0.417 e. The highest BCUT2D eigenvalue weighted by molar-refractivity contribution is 5.84. The number of rotatable bonds is 8. The van der Waals surface area contributed by atoms with Crippen LogP contribution in [0.25, 0.3) is 0 Å². The van der Waals surface area contributed by atoms with Crippen LogP contribution in [-0.2, 0) is 24.7 Å². The Morgan fingerprint density at radius 3 is 2.38 bits per heavy atom.